The Morgan fingerprint density at radius 3 is 2.57 bits per heavy atom. The van der Waals surface area contributed by atoms with Gasteiger partial charge in [-0.2, -0.15) is 0 Å². The Balaban J connectivity index is 1.99. The molecule has 1 aromatic heterocycles. The Morgan fingerprint density at radius 1 is 1.13 bits per heavy atom. The quantitative estimate of drug-likeness (QED) is 0.586. The second-order valence-corrected chi connectivity index (χ2v) is 6.50. The van der Waals surface area contributed by atoms with E-state index in [1.54, 1.807) is 19.3 Å². The summed E-state index contributed by atoms with van der Waals surface area (Å²) in [6.45, 7) is 0. The molecule has 0 spiro atoms. The van der Waals surface area contributed by atoms with Crippen molar-refractivity contribution in [3.05, 3.63) is 67.2 Å². The highest BCUT2D eigenvalue weighted by atomic mass is 79.9. The van der Waals surface area contributed by atoms with Gasteiger partial charge in [0, 0.05) is 15.0 Å². The molecular weight excluding hydrogens is 426 g/mol. The van der Waals surface area contributed by atoms with Crippen molar-refractivity contribution in [1.82, 2.24) is 4.98 Å². The van der Waals surface area contributed by atoms with Crippen molar-refractivity contribution in [2.75, 3.05) is 7.11 Å². The molecule has 3 rings (SSSR count). The second kappa shape index (κ2) is 6.68. The van der Waals surface area contributed by atoms with E-state index in [1.807, 2.05) is 36.4 Å². The molecule has 1 heterocycles. The molecule has 6 heteroatoms. The van der Waals surface area contributed by atoms with Gasteiger partial charge in [0.15, 0.2) is 0 Å². The molecule has 0 fully saturated rings. The highest BCUT2D eigenvalue weighted by Crippen LogP contribution is 2.25. The molecule has 0 aliphatic carbocycles. The average Bonchev–Trinajstić information content (AvgIpc) is 2.54. The van der Waals surface area contributed by atoms with Crippen LogP contribution in [0.15, 0.2) is 54.6 Å². The number of ether oxygens (including phenoxy) is 1. The van der Waals surface area contributed by atoms with Gasteiger partial charge in [0.25, 0.3) is 0 Å². The van der Waals surface area contributed by atoms with Gasteiger partial charge in [0.2, 0.25) is 5.89 Å². The second-order valence-electron chi connectivity index (χ2n) is 4.73. The van der Waals surface area contributed by atoms with E-state index in [9.17, 15) is 4.79 Å². The minimum absolute atomic E-state index is 0.251. The van der Waals surface area contributed by atoms with Gasteiger partial charge in [-0.15, -0.1) is 0 Å². The predicted octanol–water partition coefficient (Wildman–Crippen LogP) is 4.89. The first-order valence-electron chi connectivity index (χ1n) is 6.69. The van der Waals surface area contributed by atoms with Gasteiger partial charge in [0.1, 0.15) is 5.75 Å². The van der Waals surface area contributed by atoms with Gasteiger partial charge >= 0.3 is 5.63 Å². The summed E-state index contributed by atoms with van der Waals surface area (Å²) in [7, 11) is 1.62. The Bertz CT molecular complexity index is 946. The fraction of sp³-hybridized carbons (Fsp3) is 0.0588. The van der Waals surface area contributed by atoms with Crippen LogP contribution in [0.5, 0.6) is 5.75 Å². The lowest BCUT2D eigenvalue weighted by Gasteiger charge is -2.02. The van der Waals surface area contributed by atoms with Gasteiger partial charge < -0.3 is 9.15 Å². The smallest absolute Gasteiger partial charge is 0.347 e. The summed E-state index contributed by atoms with van der Waals surface area (Å²) in [5.41, 5.74) is 1.09. The lowest BCUT2D eigenvalue weighted by Crippen LogP contribution is -2.03. The number of nitrogens with zero attached hydrogens (tertiary/aromatic N) is 1. The van der Waals surface area contributed by atoms with Gasteiger partial charge in [0.05, 0.1) is 18.0 Å². The largest absolute Gasteiger partial charge is 0.497 e. The van der Waals surface area contributed by atoms with E-state index in [2.05, 4.69) is 36.8 Å². The zero-order chi connectivity index (χ0) is 16.4. The molecule has 0 atom stereocenters. The molecular formula is C17H11Br2NO3. The fourth-order valence-corrected chi connectivity index (χ4v) is 3.39. The molecule has 0 saturated heterocycles. The fourth-order valence-electron chi connectivity index (χ4n) is 2.07. The summed E-state index contributed by atoms with van der Waals surface area (Å²) < 4.78 is 11.9. The number of hydrogen-bond acceptors (Lipinski definition) is 4. The molecule has 0 aliphatic rings. The van der Waals surface area contributed by atoms with E-state index in [1.165, 1.54) is 0 Å². The summed E-state index contributed by atoms with van der Waals surface area (Å²) >= 11 is 6.76. The van der Waals surface area contributed by atoms with Crippen LogP contribution < -0.4 is 10.4 Å². The third-order valence-corrected chi connectivity index (χ3v) is 4.26. The molecule has 23 heavy (non-hydrogen) atoms. The normalized spacial score (nSPS) is 11.3. The first-order chi connectivity index (χ1) is 11.1. The van der Waals surface area contributed by atoms with Crippen molar-refractivity contribution in [3.63, 3.8) is 0 Å². The third kappa shape index (κ3) is 3.54. The van der Waals surface area contributed by atoms with Gasteiger partial charge in [-0.3, -0.25) is 0 Å². The van der Waals surface area contributed by atoms with E-state index < -0.39 is 5.63 Å². The van der Waals surface area contributed by atoms with E-state index in [0.717, 1.165) is 20.3 Å². The van der Waals surface area contributed by atoms with E-state index >= 15 is 0 Å². The van der Waals surface area contributed by atoms with E-state index in [4.69, 9.17) is 9.15 Å². The lowest BCUT2D eigenvalue weighted by molar-refractivity contribution is 0.415. The Labute approximate surface area is 149 Å². The molecule has 4 nitrogen and oxygen atoms in total. The average molecular weight is 437 g/mol. The van der Waals surface area contributed by atoms with Crippen molar-refractivity contribution in [2.24, 2.45) is 0 Å². The number of halogens is 2. The van der Waals surface area contributed by atoms with E-state index in [0.29, 0.717) is 10.9 Å². The molecule has 0 aliphatic heterocycles. The summed E-state index contributed by atoms with van der Waals surface area (Å²) in [4.78, 5) is 16.5. The zero-order valence-electron chi connectivity index (χ0n) is 12.0. The van der Waals surface area contributed by atoms with Crippen LogP contribution in [0, 0.1) is 0 Å². The molecule has 2 aromatic carbocycles. The van der Waals surface area contributed by atoms with Crippen LogP contribution >= 0.6 is 31.9 Å². The van der Waals surface area contributed by atoms with Crippen LogP contribution in [0.1, 0.15) is 11.5 Å². The molecule has 0 N–H and O–H groups in total. The van der Waals surface area contributed by atoms with Crippen LogP contribution in [0.3, 0.4) is 0 Å². The Hall–Kier alpha value is -1.92. The number of rotatable bonds is 3. The standard InChI is InChI=1S/C17H11Br2NO3/c1-22-12-5-2-10(3-6-12)4-7-15-20-16-13(17(21)23-15)8-11(18)9-14(16)19/h2-9H,1H3. The van der Waals surface area contributed by atoms with Crippen molar-refractivity contribution >= 4 is 54.9 Å². The lowest BCUT2D eigenvalue weighted by atomic mass is 10.2. The maximum absolute atomic E-state index is 12.1. The summed E-state index contributed by atoms with van der Waals surface area (Å²) in [6, 6.07) is 11.1. The van der Waals surface area contributed by atoms with Gasteiger partial charge in [-0.05, 0) is 51.8 Å². The summed E-state index contributed by atoms with van der Waals surface area (Å²) in [5.74, 6) is 1.04. The van der Waals surface area contributed by atoms with Crippen molar-refractivity contribution in [1.29, 1.82) is 0 Å². The topological polar surface area (TPSA) is 52.3 Å². The molecule has 0 amide bonds. The highest BCUT2D eigenvalue weighted by Gasteiger charge is 2.09. The monoisotopic (exact) mass is 435 g/mol. The molecule has 116 valence electrons. The zero-order valence-corrected chi connectivity index (χ0v) is 15.2. The van der Waals surface area contributed by atoms with Crippen molar-refractivity contribution < 1.29 is 9.15 Å². The molecule has 0 radical (unpaired) electrons. The number of hydrogen-bond donors (Lipinski definition) is 0. The number of fused-ring (bicyclic) bond motifs is 1. The Morgan fingerprint density at radius 2 is 1.87 bits per heavy atom. The number of methoxy groups -OCH3 is 1. The Kier molecular flexibility index (Phi) is 4.63. The number of benzene rings is 2. The van der Waals surface area contributed by atoms with Crippen LogP contribution in [0.2, 0.25) is 0 Å². The minimum Gasteiger partial charge on any atom is -0.497 e. The van der Waals surface area contributed by atoms with Gasteiger partial charge in [-0.25, -0.2) is 9.78 Å². The number of aromatic nitrogens is 1. The first-order valence-corrected chi connectivity index (χ1v) is 8.27. The van der Waals surface area contributed by atoms with Crippen LogP contribution in [-0.4, -0.2) is 12.1 Å². The van der Waals surface area contributed by atoms with Crippen molar-refractivity contribution in [2.45, 2.75) is 0 Å². The van der Waals surface area contributed by atoms with Gasteiger partial charge in [-0.1, -0.05) is 28.1 Å². The SMILES string of the molecule is COc1ccc(C=Cc2nc3c(Br)cc(Br)cc3c(=O)o2)cc1. The van der Waals surface area contributed by atoms with Crippen LogP contribution in [0.25, 0.3) is 23.1 Å². The molecule has 0 unspecified atom stereocenters. The molecule has 0 saturated carbocycles. The van der Waals surface area contributed by atoms with Crippen LogP contribution in [0.4, 0.5) is 0 Å². The predicted molar refractivity (Wildman–Crippen MR) is 97.6 cm³/mol. The summed E-state index contributed by atoms with van der Waals surface area (Å²) in [6.07, 6.45) is 3.49. The van der Waals surface area contributed by atoms with E-state index in [-0.39, 0.29) is 5.89 Å². The molecule has 3 aromatic rings. The maximum atomic E-state index is 12.1. The maximum Gasteiger partial charge on any atom is 0.347 e. The minimum atomic E-state index is -0.425. The van der Waals surface area contributed by atoms with Crippen molar-refractivity contribution in [3.8, 4) is 5.75 Å². The third-order valence-electron chi connectivity index (χ3n) is 3.20. The summed E-state index contributed by atoms with van der Waals surface area (Å²) in [5, 5.41) is 0.424. The first kappa shape index (κ1) is 16.0. The highest BCUT2D eigenvalue weighted by molar-refractivity contribution is 9.11. The van der Waals surface area contributed by atoms with Crippen LogP contribution in [-0.2, 0) is 0 Å². The molecule has 0 bridgehead atoms.